The first-order valence-electron chi connectivity index (χ1n) is 6.13. The molecule has 0 aromatic carbocycles. The van der Waals surface area contributed by atoms with E-state index in [1.165, 1.54) is 23.2 Å². The molecule has 1 aromatic heterocycles. The molecule has 2 heterocycles. The maximum atomic E-state index is 12.3. The van der Waals surface area contributed by atoms with Gasteiger partial charge in [0.2, 0.25) is 0 Å². The maximum absolute atomic E-state index is 12.3. The van der Waals surface area contributed by atoms with Crippen molar-refractivity contribution in [3.63, 3.8) is 0 Å². The summed E-state index contributed by atoms with van der Waals surface area (Å²) in [6, 6.07) is 2.26. The number of rotatable bonds is 3. The van der Waals surface area contributed by atoms with Crippen molar-refractivity contribution in [2.24, 2.45) is 0 Å². The summed E-state index contributed by atoms with van der Waals surface area (Å²) in [6.45, 7) is 2.21. The topological polar surface area (TPSA) is 87.3 Å². The van der Waals surface area contributed by atoms with Gasteiger partial charge in [0.25, 0.3) is 5.91 Å². The number of pyridine rings is 1. The molecule has 2 rings (SSSR count). The van der Waals surface area contributed by atoms with Crippen LogP contribution in [0, 0.1) is 0 Å². The van der Waals surface area contributed by atoms with E-state index >= 15 is 0 Å². The molecule has 1 saturated heterocycles. The summed E-state index contributed by atoms with van der Waals surface area (Å²) in [6.07, 6.45) is 1.87. The number of sulfone groups is 1. The lowest BCUT2D eigenvalue weighted by atomic mass is 10.2. The van der Waals surface area contributed by atoms with E-state index in [1.54, 1.807) is 6.92 Å². The fourth-order valence-electron chi connectivity index (χ4n) is 2.31. The standard InChI is InChI=1S/C12H16N2O4S/c1-2-14(9-4-6-19(17,18)8-9)12(16)11-7-10(15)3-5-13-11/h3,5,7,9H,2,4,6,8H2,1H3,(H,13,15). The lowest BCUT2D eigenvalue weighted by Gasteiger charge is -2.26. The Morgan fingerprint density at radius 1 is 1.53 bits per heavy atom. The Hall–Kier alpha value is -1.63. The summed E-state index contributed by atoms with van der Waals surface area (Å²) < 4.78 is 23.0. The number of nitrogens with zero attached hydrogens (tertiary/aromatic N) is 1. The average molecular weight is 284 g/mol. The van der Waals surface area contributed by atoms with Gasteiger partial charge in [0, 0.05) is 30.9 Å². The van der Waals surface area contributed by atoms with Crippen LogP contribution >= 0.6 is 0 Å². The van der Waals surface area contributed by atoms with Crippen molar-refractivity contribution in [3.8, 4) is 0 Å². The van der Waals surface area contributed by atoms with Crippen LogP contribution in [0.4, 0.5) is 0 Å². The molecule has 1 aromatic rings. The Morgan fingerprint density at radius 3 is 2.79 bits per heavy atom. The molecule has 0 radical (unpaired) electrons. The van der Waals surface area contributed by atoms with Crippen LogP contribution in [0.15, 0.2) is 23.1 Å². The lowest BCUT2D eigenvalue weighted by molar-refractivity contribution is 0.0702. The molecule has 1 fully saturated rings. The van der Waals surface area contributed by atoms with Crippen molar-refractivity contribution >= 4 is 15.7 Å². The number of amides is 1. The molecule has 0 bridgehead atoms. The van der Waals surface area contributed by atoms with E-state index in [9.17, 15) is 18.0 Å². The van der Waals surface area contributed by atoms with Crippen LogP contribution in [-0.4, -0.2) is 48.3 Å². The summed E-state index contributed by atoms with van der Waals surface area (Å²) in [4.78, 5) is 27.8. The number of carbonyl (C=O) groups is 1. The molecule has 1 atom stereocenters. The maximum Gasteiger partial charge on any atom is 0.270 e. The van der Waals surface area contributed by atoms with Gasteiger partial charge in [0.15, 0.2) is 15.3 Å². The Balaban J connectivity index is 2.23. The van der Waals surface area contributed by atoms with Crippen molar-refractivity contribution in [1.29, 1.82) is 0 Å². The third-order valence-electron chi connectivity index (χ3n) is 3.25. The molecular formula is C12H16N2O4S. The lowest BCUT2D eigenvalue weighted by Crippen LogP contribution is -2.41. The number of carbonyl (C=O) groups excluding carboxylic acids is 1. The molecular weight excluding hydrogens is 268 g/mol. The van der Waals surface area contributed by atoms with E-state index < -0.39 is 9.84 Å². The predicted octanol–water partition coefficient (Wildman–Crippen LogP) is 0.0241. The summed E-state index contributed by atoms with van der Waals surface area (Å²) in [5, 5.41) is 0. The van der Waals surface area contributed by atoms with Crippen molar-refractivity contribution in [1.82, 2.24) is 9.88 Å². The summed E-state index contributed by atoms with van der Waals surface area (Å²) in [5.74, 6) is -0.210. The minimum Gasteiger partial charge on any atom is -0.357 e. The monoisotopic (exact) mass is 284 g/mol. The number of hydrogen-bond donors (Lipinski definition) is 1. The Labute approximate surface area is 111 Å². The summed E-state index contributed by atoms with van der Waals surface area (Å²) in [7, 11) is -3.04. The predicted molar refractivity (Wildman–Crippen MR) is 70.8 cm³/mol. The molecule has 19 heavy (non-hydrogen) atoms. The third kappa shape index (κ3) is 3.04. The number of nitrogens with one attached hydrogen (secondary N) is 1. The van der Waals surface area contributed by atoms with Crippen LogP contribution in [0.25, 0.3) is 0 Å². The van der Waals surface area contributed by atoms with E-state index in [0.29, 0.717) is 13.0 Å². The van der Waals surface area contributed by atoms with Crippen LogP contribution in [-0.2, 0) is 9.84 Å². The molecule has 104 valence electrons. The van der Waals surface area contributed by atoms with E-state index in [-0.39, 0.29) is 34.6 Å². The van der Waals surface area contributed by atoms with Crippen LogP contribution in [0.3, 0.4) is 0 Å². The molecule has 0 spiro atoms. The van der Waals surface area contributed by atoms with Crippen molar-refractivity contribution in [2.75, 3.05) is 18.1 Å². The molecule has 6 nitrogen and oxygen atoms in total. The Kier molecular flexibility index (Phi) is 3.75. The minimum atomic E-state index is -3.04. The number of hydrogen-bond acceptors (Lipinski definition) is 4. The van der Waals surface area contributed by atoms with Gasteiger partial charge in [0.1, 0.15) is 5.69 Å². The van der Waals surface area contributed by atoms with Gasteiger partial charge in [-0.05, 0) is 13.3 Å². The largest absolute Gasteiger partial charge is 0.357 e. The van der Waals surface area contributed by atoms with Crippen LogP contribution in [0.2, 0.25) is 0 Å². The fourth-order valence-corrected chi connectivity index (χ4v) is 4.04. The molecule has 1 N–H and O–H groups in total. The highest BCUT2D eigenvalue weighted by Crippen LogP contribution is 2.19. The second kappa shape index (κ2) is 5.16. The summed E-state index contributed by atoms with van der Waals surface area (Å²) >= 11 is 0. The fraction of sp³-hybridized carbons (Fsp3) is 0.500. The van der Waals surface area contributed by atoms with Gasteiger partial charge in [-0.15, -0.1) is 0 Å². The van der Waals surface area contributed by atoms with Crippen LogP contribution in [0.5, 0.6) is 0 Å². The first-order chi connectivity index (χ1) is 8.93. The molecule has 0 saturated carbocycles. The van der Waals surface area contributed by atoms with Crippen molar-refractivity contribution in [3.05, 3.63) is 34.2 Å². The molecule has 7 heteroatoms. The SMILES string of the molecule is CCN(C(=O)c1cc(=O)cc[nH]1)C1CCS(=O)(=O)C1. The summed E-state index contributed by atoms with van der Waals surface area (Å²) in [5.41, 5.74) is -0.0594. The number of aromatic amines is 1. The molecule has 1 unspecified atom stereocenters. The Morgan fingerprint density at radius 2 is 2.26 bits per heavy atom. The van der Waals surface area contributed by atoms with Gasteiger partial charge >= 0.3 is 0 Å². The normalized spacial score (nSPS) is 21.2. The number of aromatic nitrogens is 1. The van der Waals surface area contributed by atoms with Gasteiger partial charge in [-0.25, -0.2) is 8.42 Å². The van der Waals surface area contributed by atoms with Crippen molar-refractivity contribution in [2.45, 2.75) is 19.4 Å². The first-order valence-corrected chi connectivity index (χ1v) is 7.95. The number of H-pyrrole nitrogens is 1. The van der Waals surface area contributed by atoms with Gasteiger partial charge in [0.05, 0.1) is 11.5 Å². The zero-order valence-electron chi connectivity index (χ0n) is 10.6. The minimum absolute atomic E-state index is 0.00362. The quantitative estimate of drug-likeness (QED) is 0.848. The van der Waals surface area contributed by atoms with Gasteiger partial charge < -0.3 is 9.88 Å². The zero-order valence-corrected chi connectivity index (χ0v) is 11.4. The van der Waals surface area contributed by atoms with E-state index in [4.69, 9.17) is 0 Å². The van der Waals surface area contributed by atoms with Gasteiger partial charge in [-0.3, -0.25) is 9.59 Å². The highest BCUT2D eigenvalue weighted by atomic mass is 32.2. The van der Waals surface area contributed by atoms with Crippen LogP contribution < -0.4 is 5.43 Å². The third-order valence-corrected chi connectivity index (χ3v) is 5.00. The van der Waals surface area contributed by atoms with Gasteiger partial charge in [-0.1, -0.05) is 0 Å². The highest BCUT2D eigenvalue weighted by molar-refractivity contribution is 7.91. The molecule has 0 aliphatic carbocycles. The average Bonchev–Trinajstić information content (AvgIpc) is 2.70. The smallest absolute Gasteiger partial charge is 0.270 e. The Bertz CT molecular complexity index is 635. The van der Waals surface area contributed by atoms with E-state index in [2.05, 4.69) is 4.98 Å². The van der Waals surface area contributed by atoms with Crippen LogP contribution in [0.1, 0.15) is 23.8 Å². The highest BCUT2D eigenvalue weighted by Gasteiger charge is 2.34. The molecule has 1 amide bonds. The van der Waals surface area contributed by atoms with E-state index in [1.807, 2.05) is 0 Å². The molecule has 1 aliphatic rings. The van der Waals surface area contributed by atoms with Crippen molar-refractivity contribution < 1.29 is 13.2 Å². The molecule has 1 aliphatic heterocycles. The van der Waals surface area contributed by atoms with E-state index in [0.717, 1.165) is 0 Å². The first kappa shape index (κ1) is 13.8. The van der Waals surface area contributed by atoms with Gasteiger partial charge in [-0.2, -0.15) is 0 Å². The second-order valence-electron chi connectivity index (χ2n) is 4.59. The second-order valence-corrected chi connectivity index (χ2v) is 6.81. The zero-order chi connectivity index (χ0) is 14.0.